The molecule has 0 aromatic rings. The Hall–Kier alpha value is -0.840. The van der Waals surface area contributed by atoms with Gasteiger partial charge < -0.3 is 0 Å². The number of amides is 1. The van der Waals surface area contributed by atoms with Crippen LogP contribution in [0.4, 0.5) is 0 Å². The molecule has 0 aromatic carbocycles. The minimum absolute atomic E-state index is 0.155. The highest BCUT2D eigenvalue weighted by atomic mass is 32.2. The Labute approximate surface area is 75.5 Å². The number of nitrogens with one attached hydrogen (secondary N) is 1. The molecule has 0 unspecified atom stereocenters. The molecular formula is C7H11N3OS. The smallest absolute Gasteiger partial charge is 0.236 e. The number of aliphatic imine (C=N–C) groups is 1. The van der Waals surface area contributed by atoms with Gasteiger partial charge in [0.15, 0.2) is 0 Å². The van der Waals surface area contributed by atoms with Gasteiger partial charge in [-0.25, -0.2) is 5.43 Å². The van der Waals surface area contributed by atoms with Crippen molar-refractivity contribution >= 4 is 28.4 Å². The summed E-state index contributed by atoms with van der Waals surface area (Å²) in [5.74, 6) is 0.861. The molecule has 1 amide bonds. The molecule has 0 radical (unpaired) electrons. The van der Waals surface area contributed by atoms with E-state index in [0.717, 1.165) is 23.1 Å². The van der Waals surface area contributed by atoms with Gasteiger partial charge in [-0.05, 0) is 6.92 Å². The third-order valence-corrected chi connectivity index (χ3v) is 2.36. The third kappa shape index (κ3) is 2.65. The van der Waals surface area contributed by atoms with Crippen LogP contribution >= 0.6 is 11.8 Å². The molecule has 0 saturated heterocycles. The first-order valence-electron chi connectivity index (χ1n) is 3.68. The molecule has 0 fully saturated rings. The number of carbonyl (C=O) groups excluding carboxylic acids is 1. The van der Waals surface area contributed by atoms with Crippen molar-refractivity contribution < 1.29 is 4.79 Å². The predicted octanol–water partition coefficient (Wildman–Crippen LogP) is 0.644. The van der Waals surface area contributed by atoms with Crippen molar-refractivity contribution in [2.24, 2.45) is 10.1 Å². The van der Waals surface area contributed by atoms with E-state index in [-0.39, 0.29) is 5.91 Å². The van der Waals surface area contributed by atoms with Crippen LogP contribution in [0.3, 0.4) is 0 Å². The standard InChI is InChI=1S/C7H11N3OS/c1-5(9-10-6(2)11)7-8-3-4-12-7/h3-4H2,1-2H3,(H,10,11)/b9-5+. The first-order chi connectivity index (χ1) is 5.70. The Bertz CT molecular complexity index is 247. The fourth-order valence-electron chi connectivity index (χ4n) is 0.764. The van der Waals surface area contributed by atoms with Crippen LogP contribution in [0.25, 0.3) is 0 Å². The van der Waals surface area contributed by atoms with Crippen LogP contribution < -0.4 is 5.43 Å². The van der Waals surface area contributed by atoms with E-state index in [2.05, 4.69) is 15.5 Å². The highest BCUT2D eigenvalue weighted by Crippen LogP contribution is 2.12. The molecule has 0 aromatic heterocycles. The maximum atomic E-state index is 10.5. The topological polar surface area (TPSA) is 53.8 Å². The van der Waals surface area contributed by atoms with Crippen molar-refractivity contribution in [2.75, 3.05) is 12.3 Å². The van der Waals surface area contributed by atoms with E-state index in [1.807, 2.05) is 6.92 Å². The highest BCUT2D eigenvalue weighted by Gasteiger charge is 2.09. The van der Waals surface area contributed by atoms with E-state index in [1.165, 1.54) is 6.92 Å². The van der Waals surface area contributed by atoms with Crippen molar-refractivity contribution in [3.8, 4) is 0 Å². The van der Waals surface area contributed by atoms with Gasteiger partial charge in [-0.3, -0.25) is 9.79 Å². The number of hydrogen-bond donors (Lipinski definition) is 1. The summed E-state index contributed by atoms with van der Waals surface area (Å²) < 4.78 is 0. The minimum atomic E-state index is -0.155. The lowest BCUT2D eigenvalue weighted by Crippen LogP contribution is -2.17. The van der Waals surface area contributed by atoms with E-state index in [9.17, 15) is 4.79 Å². The van der Waals surface area contributed by atoms with Crippen LogP contribution in [0.1, 0.15) is 13.8 Å². The van der Waals surface area contributed by atoms with Gasteiger partial charge in [0.2, 0.25) is 5.91 Å². The van der Waals surface area contributed by atoms with Crippen LogP contribution in [0, 0.1) is 0 Å². The van der Waals surface area contributed by atoms with Crippen LogP contribution in [0.2, 0.25) is 0 Å². The number of hydrogen-bond acceptors (Lipinski definition) is 4. The first kappa shape index (κ1) is 9.25. The quantitative estimate of drug-likeness (QED) is 0.507. The molecule has 12 heavy (non-hydrogen) atoms. The van der Waals surface area contributed by atoms with Crippen molar-refractivity contribution in [2.45, 2.75) is 13.8 Å². The van der Waals surface area contributed by atoms with Crippen molar-refractivity contribution in [1.29, 1.82) is 0 Å². The predicted molar refractivity (Wildman–Crippen MR) is 51.7 cm³/mol. The molecule has 0 saturated carbocycles. The maximum Gasteiger partial charge on any atom is 0.236 e. The Morgan fingerprint density at radius 1 is 1.67 bits per heavy atom. The summed E-state index contributed by atoms with van der Waals surface area (Å²) in [5.41, 5.74) is 3.16. The molecule has 0 bridgehead atoms. The molecule has 1 aliphatic heterocycles. The average molecular weight is 185 g/mol. The van der Waals surface area contributed by atoms with Crippen LogP contribution in [-0.2, 0) is 4.79 Å². The number of hydrazone groups is 1. The molecule has 1 N–H and O–H groups in total. The number of nitrogens with zero attached hydrogens (tertiary/aromatic N) is 2. The summed E-state index contributed by atoms with van der Waals surface area (Å²) in [4.78, 5) is 14.7. The SMILES string of the molecule is CC(=O)N/N=C(\C)C1=NCCS1. The highest BCUT2D eigenvalue weighted by molar-refractivity contribution is 8.16. The summed E-state index contributed by atoms with van der Waals surface area (Å²) in [7, 11) is 0. The van der Waals surface area contributed by atoms with Crippen LogP contribution in [-0.4, -0.2) is 29.0 Å². The zero-order valence-electron chi connectivity index (χ0n) is 7.13. The second kappa shape index (κ2) is 4.25. The fourth-order valence-corrected chi connectivity index (χ4v) is 1.58. The lowest BCUT2D eigenvalue weighted by Gasteiger charge is -1.97. The fraction of sp³-hybridized carbons (Fsp3) is 0.571. The normalized spacial score (nSPS) is 17.5. The van der Waals surface area contributed by atoms with Gasteiger partial charge >= 0.3 is 0 Å². The zero-order valence-corrected chi connectivity index (χ0v) is 7.94. The van der Waals surface area contributed by atoms with Crippen molar-refractivity contribution in [1.82, 2.24) is 5.43 Å². The number of carbonyl (C=O) groups is 1. The molecule has 0 spiro atoms. The molecule has 1 aliphatic rings. The number of rotatable bonds is 2. The Morgan fingerprint density at radius 2 is 2.42 bits per heavy atom. The first-order valence-corrected chi connectivity index (χ1v) is 4.67. The lowest BCUT2D eigenvalue weighted by molar-refractivity contribution is -0.118. The maximum absolute atomic E-state index is 10.5. The molecule has 1 rings (SSSR count). The summed E-state index contributed by atoms with van der Waals surface area (Å²) in [5, 5.41) is 4.81. The molecule has 0 aliphatic carbocycles. The Kier molecular flexibility index (Phi) is 3.28. The van der Waals surface area contributed by atoms with Crippen LogP contribution in [0.5, 0.6) is 0 Å². The van der Waals surface area contributed by atoms with Gasteiger partial charge in [0.05, 0.1) is 5.71 Å². The van der Waals surface area contributed by atoms with E-state index >= 15 is 0 Å². The van der Waals surface area contributed by atoms with Crippen LogP contribution in [0.15, 0.2) is 10.1 Å². The second-order valence-corrected chi connectivity index (χ2v) is 3.48. The van der Waals surface area contributed by atoms with Gasteiger partial charge in [0.1, 0.15) is 5.04 Å². The van der Waals surface area contributed by atoms with Gasteiger partial charge in [-0.1, -0.05) is 0 Å². The molecule has 1 heterocycles. The van der Waals surface area contributed by atoms with E-state index in [0.29, 0.717) is 0 Å². The van der Waals surface area contributed by atoms with Gasteiger partial charge in [0.25, 0.3) is 0 Å². The van der Waals surface area contributed by atoms with Crippen molar-refractivity contribution in [3.63, 3.8) is 0 Å². The Balaban J connectivity index is 2.50. The average Bonchev–Trinajstić information content (AvgIpc) is 2.51. The summed E-state index contributed by atoms with van der Waals surface area (Å²) in [6.45, 7) is 4.13. The van der Waals surface area contributed by atoms with Gasteiger partial charge in [0, 0.05) is 19.2 Å². The molecular weight excluding hydrogens is 174 g/mol. The molecule has 66 valence electrons. The monoisotopic (exact) mass is 185 g/mol. The summed E-state index contributed by atoms with van der Waals surface area (Å²) in [6.07, 6.45) is 0. The largest absolute Gasteiger partial charge is 0.276 e. The van der Waals surface area contributed by atoms with E-state index in [4.69, 9.17) is 0 Å². The van der Waals surface area contributed by atoms with E-state index < -0.39 is 0 Å². The number of thioether (sulfide) groups is 1. The summed E-state index contributed by atoms with van der Waals surface area (Å²) >= 11 is 1.67. The summed E-state index contributed by atoms with van der Waals surface area (Å²) in [6, 6.07) is 0. The van der Waals surface area contributed by atoms with E-state index in [1.54, 1.807) is 11.8 Å². The zero-order chi connectivity index (χ0) is 8.97. The lowest BCUT2D eigenvalue weighted by atomic mass is 10.5. The second-order valence-electron chi connectivity index (χ2n) is 2.40. The Morgan fingerprint density at radius 3 is 2.92 bits per heavy atom. The molecule has 4 nitrogen and oxygen atoms in total. The molecule has 5 heteroatoms. The van der Waals surface area contributed by atoms with Crippen molar-refractivity contribution in [3.05, 3.63) is 0 Å². The third-order valence-electron chi connectivity index (χ3n) is 1.28. The van der Waals surface area contributed by atoms with Gasteiger partial charge in [-0.2, -0.15) is 5.10 Å². The minimum Gasteiger partial charge on any atom is -0.276 e. The molecule has 0 atom stereocenters. The van der Waals surface area contributed by atoms with Gasteiger partial charge in [-0.15, -0.1) is 11.8 Å².